The van der Waals surface area contributed by atoms with E-state index >= 15 is 0 Å². The Labute approximate surface area is 143 Å². The zero-order chi connectivity index (χ0) is 17.1. The molecule has 1 aliphatic heterocycles. The van der Waals surface area contributed by atoms with E-state index < -0.39 is 0 Å². The zero-order valence-electron chi connectivity index (χ0n) is 13.0. The molecule has 1 aromatic carbocycles. The van der Waals surface area contributed by atoms with Gasteiger partial charge in [-0.25, -0.2) is 0 Å². The molecule has 2 amide bonds. The molecule has 0 atom stereocenters. The number of aromatic nitrogens is 1. The van der Waals surface area contributed by atoms with Gasteiger partial charge in [0, 0.05) is 36.3 Å². The molecule has 0 fully saturated rings. The molecule has 2 aromatic rings. The maximum atomic E-state index is 12.1. The lowest BCUT2D eigenvalue weighted by Crippen LogP contribution is -2.39. The summed E-state index contributed by atoms with van der Waals surface area (Å²) in [6.45, 7) is 2.71. The molecular weight excluding hydrogens is 334 g/mol. The number of hydrogen-bond donors (Lipinski definition) is 1. The van der Waals surface area contributed by atoms with Crippen molar-refractivity contribution in [2.24, 2.45) is 0 Å². The van der Waals surface area contributed by atoms with E-state index in [1.807, 2.05) is 0 Å². The van der Waals surface area contributed by atoms with Crippen molar-refractivity contribution in [1.82, 2.24) is 15.4 Å². The molecular formula is C16H16ClN3O4. The van der Waals surface area contributed by atoms with Gasteiger partial charge in [0.1, 0.15) is 11.5 Å². The standard InChI is InChI=1S/C16H16ClN3O4/c1-10-6-13(19-24-10)16(22)18-4-5-20-8-11-7-12(17)2-3-14(11)23-9-15(20)21/h2-3,6-7H,4-5,8-9H2,1H3,(H,18,22). The number of halogens is 1. The van der Waals surface area contributed by atoms with Crippen LogP contribution in [-0.2, 0) is 11.3 Å². The summed E-state index contributed by atoms with van der Waals surface area (Å²) in [6.07, 6.45) is 0. The van der Waals surface area contributed by atoms with E-state index in [9.17, 15) is 9.59 Å². The van der Waals surface area contributed by atoms with Gasteiger partial charge < -0.3 is 19.5 Å². The highest BCUT2D eigenvalue weighted by atomic mass is 35.5. The van der Waals surface area contributed by atoms with Crippen LogP contribution in [-0.4, -0.2) is 41.6 Å². The Morgan fingerprint density at radius 3 is 3.00 bits per heavy atom. The summed E-state index contributed by atoms with van der Waals surface area (Å²) in [6, 6.07) is 6.81. The van der Waals surface area contributed by atoms with Gasteiger partial charge in [-0.3, -0.25) is 9.59 Å². The number of ether oxygens (including phenoxy) is 1. The first-order valence-corrected chi connectivity index (χ1v) is 7.81. The summed E-state index contributed by atoms with van der Waals surface area (Å²) in [5, 5.41) is 6.95. The lowest BCUT2D eigenvalue weighted by molar-refractivity contribution is -0.133. The summed E-state index contributed by atoms with van der Waals surface area (Å²) in [4.78, 5) is 25.7. The van der Waals surface area contributed by atoms with Crippen molar-refractivity contribution in [3.05, 3.63) is 46.3 Å². The van der Waals surface area contributed by atoms with Crippen molar-refractivity contribution in [3.8, 4) is 5.75 Å². The van der Waals surface area contributed by atoms with E-state index in [0.717, 1.165) is 5.56 Å². The van der Waals surface area contributed by atoms with Crippen LogP contribution in [0.15, 0.2) is 28.8 Å². The third-order valence-electron chi connectivity index (χ3n) is 3.62. The highest BCUT2D eigenvalue weighted by molar-refractivity contribution is 6.30. The van der Waals surface area contributed by atoms with E-state index in [1.54, 1.807) is 36.1 Å². The van der Waals surface area contributed by atoms with Crippen molar-refractivity contribution in [2.45, 2.75) is 13.5 Å². The highest BCUT2D eigenvalue weighted by Crippen LogP contribution is 2.26. The van der Waals surface area contributed by atoms with Crippen molar-refractivity contribution < 1.29 is 18.8 Å². The maximum absolute atomic E-state index is 12.1. The van der Waals surface area contributed by atoms with Crippen molar-refractivity contribution in [2.75, 3.05) is 19.7 Å². The Kier molecular flexibility index (Phi) is 4.71. The van der Waals surface area contributed by atoms with Gasteiger partial charge in [-0.1, -0.05) is 16.8 Å². The van der Waals surface area contributed by atoms with Crippen molar-refractivity contribution >= 4 is 23.4 Å². The normalized spacial score (nSPS) is 13.9. The molecule has 0 spiro atoms. The van der Waals surface area contributed by atoms with Crippen LogP contribution < -0.4 is 10.1 Å². The van der Waals surface area contributed by atoms with Crippen LogP contribution in [0, 0.1) is 6.92 Å². The van der Waals surface area contributed by atoms with Crippen molar-refractivity contribution in [3.63, 3.8) is 0 Å². The smallest absolute Gasteiger partial charge is 0.273 e. The largest absolute Gasteiger partial charge is 0.483 e. The lowest BCUT2D eigenvalue weighted by Gasteiger charge is -2.20. The van der Waals surface area contributed by atoms with E-state index in [4.69, 9.17) is 20.9 Å². The summed E-state index contributed by atoms with van der Waals surface area (Å²) in [5.41, 5.74) is 1.06. The molecule has 0 saturated carbocycles. The third kappa shape index (κ3) is 3.68. The molecule has 1 aromatic heterocycles. The molecule has 0 saturated heterocycles. The Hall–Kier alpha value is -2.54. The quantitative estimate of drug-likeness (QED) is 0.909. The Morgan fingerprint density at radius 2 is 2.25 bits per heavy atom. The van der Waals surface area contributed by atoms with Crippen LogP contribution in [0.2, 0.25) is 5.02 Å². The van der Waals surface area contributed by atoms with E-state index in [1.165, 1.54) is 0 Å². The highest BCUT2D eigenvalue weighted by Gasteiger charge is 2.21. The number of benzene rings is 1. The van der Waals surface area contributed by atoms with Crippen molar-refractivity contribution in [1.29, 1.82) is 0 Å². The van der Waals surface area contributed by atoms with E-state index in [2.05, 4.69) is 10.5 Å². The molecule has 7 nitrogen and oxygen atoms in total. The lowest BCUT2D eigenvalue weighted by atomic mass is 10.2. The number of amides is 2. The number of nitrogens with zero attached hydrogens (tertiary/aromatic N) is 2. The molecule has 24 heavy (non-hydrogen) atoms. The number of nitrogens with one attached hydrogen (secondary N) is 1. The summed E-state index contributed by atoms with van der Waals surface area (Å²) < 4.78 is 10.3. The number of carbonyl (C=O) groups excluding carboxylic acids is 2. The topological polar surface area (TPSA) is 84.7 Å². The average Bonchev–Trinajstić information content (AvgIpc) is 2.92. The second-order valence-corrected chi connectivity index (χ2v) is 5.87. The number of carbonyl (C=O) groups is 2. The fourth-order valence-corrected chi connectivity index (χ4v) is 2.60. The summed E-state index contributed by atoms with van der Waals surface area (Å²) in [7, 11) is 0. The fourth-order valence-electron chi connectivity index (χ4n) is 2.41. The summed E-state index contributed by atoms with van der Waals surface area (Å²) >= 11 is 6.00. The van der Waals surface area contributed by atoms with Gasteiger partial charge in [0.15, 0.2) is 12.3 Å². The molecule has 8 heteroatoms. The third-order valence-corrected chi connectivity index (χ3v) is 3.85. The summed E-state index contributed by atoms with van der Waals surface area (Å²) in [5.74, 6) is 0.730. The SMILES string of the molecule is Cc1cc(C(=O)NCCN2Cc3cc(Cl)ccc3OCC2=O)no1. The van der Waals surface area contributed by atoms with Crippen LogP contribution in [0.3, 0.4) is 0 Å². The van der Waals surface area contributed by atoms with Crippen LogP contribution in [0.25, 0.3) is 0 Å². The molecule has 1 aliphatic rings. The van der Waals surface area contributed by atoms with E-state index in [-0.39, 0.29) is 24.1 Å². The van der Waals surface area contributed by atoms with Crippen LogP contribution in [0.5, 0.6) is 5.75 Å². The monoisotopic (exact) mass is 349 g/mol. The molecule has 0 unspecified atom stereocenters. The van der Waals surface area contributed by atoms with Gasteiger partial charge in [0.25, 0.3) is 11.8 Å². The van der Waals surface area contributed by atoms with Gasteiger partial charge in [-0.2, -0.15) is 0 Å². The fraction of sp³-hybridized carbons (Fsp3) is 0.312. The second kappa shape index (κ2) is 6.92. The molecule has 0 aliphatic carbocycles. The molecule has 3 rings (SSSR count). The van der Waals surface area contributed by atoms with Crippen LogP contribution >= 0.6 is 11.6 Å². The Bertz CT molecular complexity index is 774. The van der Waals surface area contributed by atoms with Gasteiger partial charge >= 0.3 is 0 Å². The maximum Gasteiger partial charge on any atom is 0.273 e. The first-order chi connectivity index (χ1) is 11.5. The van der Waals surface area contributed by atoms with Gasteiger partial charge in [-0.15, -0.1) is 0 Å². The van der Waals surface area contributed by atoms with Crippen LogP contribution in [0.4, 0.5) is 0 Å². The second-order valence-electron chi connectivity index (χ2n) is 5.43. The molecule has 2 heterocycles. The Balaban J connectivity index is 1.59. The number of fused-ring (bicyclic) bond motifs is 1. The minimum Gasteiger partial charge on any atom is -0.483 e. The molecule has 0 radical (unpaired) electrons. The van der Waals surface area contributed by atoms with E-state index in [0.29, 0.717) is 36.2 Å². The minimum absolute atomic E-state index is 0.0366. The van der Waals surface area contributed by atoms with Gasteiger partial charge in [0.05, 0.1) is 0 Å². The predicted octanol–water partition coefficient (Wildman–Crippen LogP) is 1.79. The van der Waals surface area contributed by atoms with Gasteiger partial charge in [0.2, 0.25) is 0 Å². The first kappa shape index (κ1) is 16.3. The zero-order valence-corrected chi connectivity index (χ0v) is 13.8. The Morgan fingerprint density at radius 1 is 1.42 bits per heavy atom. The minimum atomic E-state index is -0.339. The number of rotatable bonds is 4. The molecule has 126 valence electrons. The van der Waals surface area contributed by atoms with Crippen LogP contribution in [0.1, 0.15) is 21.8 Å². The average molecular weight is 350 g/mol. The number of aryl methyl sites for hydroxylation is 1. The molecule has 0 bridgehead atoms. The van der Waals surface area contributed by atoms with Gasteiger partial charge in [-0.05, 0) is 25.1 Å². The first-order valence-electron chi connectivity index (χ1n) is 7.43. The molecule has 1 N–H and O–H groups in total. The predicted molar refractivity (Wildman–Crippen MR) is 85.9 cm³/mol. The number of hydrogen-bond acceptors (Lipinski definition) is 5.